The van der Waals surface area contributed by atoms with Crippen LogP contribution in [-0.2, 0) is 14.3 Å². The highest BCUT2D eigenvalue weighted by Gasteiger charge is 2.25. The maximum Gasteiger partial charge on any atom is 0.323 e. The van der Waals surface area contributed by atoms with Crippen LogP contribution in [0.3, 0.4) is 0 Å². The molecule has 0 aliphatic carbocycles. The first-order valence-electron chi connectivity index (χ1n) is 6.53. The molecule has 1 unspecified atom stereocenters. The van der Waals surface area contributed by atoms with Crippen LogP contribution in [0.25, 0.3) is 22.0 Å². The summed E-state index contributed by atoms with van der Waals surface area (Å²) >= 11 is 0. The number of para-hydroxylation sites is 1. The molecule has 0 saturated heterocycles. The lowest BCUT2D eigenvalue weighted by atomic mass is 10.0. The van der Waals surface area contributed by atoms with E-state index in [1.54, 1.807) is 24.4 Å². The minimum absolute atomic E-state index is 0.183. The number of fused-ring (bicyclic) bond motifs is 1. The molecule has 0 saturated carbocycles. The van der Waals surface area contributed by atoms with E-state index in [9.17, 15) is 14.0 Å². The van der Waals surface area contributed by atoms with E-state index in [2.05, 4.69) is 9.72 Å². The number of carbonyl (C=O) groups is 2. The number of hydrogen-bond donors (Lipinski definition) is 1. The Balaban J connectivity index is 2.04. The Morgan fingerprint density at radius 3 is 3.00 bits per heavy atom. The summed E-state index contributed by atoms with van der Waals surface area (Å²) in [6, 6.07) is 6.32. The van der Waals surface area contributed by atoms with Crippen molar-refractivity contribution in [3.8, 4) is 11.1 Å². The van der Waals surface area contributed by atoms with Crippen LogP contribution in [0.5, 0.6) is 0 Å². The van der Waals surface area contributed by atoms with Crippen LogP contribution in [-0.4, -0.2) is 24.3 Å². The maximum atomic E-state index is 13.7. The van der Waals surface area contributed by atoms with E-state index in [-0.39, 0.29) is 11.6 Å². The number of furan rings is 1. The van der Waals surface area contributed by atoms with Gasteiger partial charge in [-0.15, -0.1) is 0 Å². The highest BCUT2D eigenvalue weighted by molar-refractivity contribution is 5.97. The standard InChI is InChI=1S/C16H12FNO4/c1-21-16(20)12(7-19)14-5-9(8-22-14)11-6-18-15-10(11)3-2-4-13(15)17/h2-8,12,18H,1H3. The average Bonchev–Trinajstić information content (AvgIpc) is 3.15. The molecule has 3 aromatic rings. The summed E-state index contributed by atoms with van der Waals surface area (Å²) in [7, 11) is 1.20. The zero-order valence-electron chi connectivity index (χ0n) is 11.6. The second-order valence-electron chi connectivity index (χ2n) is 4.74. The van der Waals surface area contributed by atoms with Gasteiger partial charge in [-0.1, -0.05) is 12.1 Å². The molecule has 1 aromatic carbocycles. The Bertz CT molecular complexity index is 849. The number of aromatic nitrogens is 1. The molecule has 0 amide bonds. The number of halogens is 1. The number of methoxy groups -OCH3 is 1. The molecular weight excluding hydrogens is 289 g/mol. The fraction of sp³-hybridized carbons (Fsp3) is 0.125. The molecule has 0 aliphatic rings. The third-order valence-electron chi connectivity index (χ3n) is 3.49. The zero-order valence-corrected chi connectivity index (χ0v) is 11.6. The first-order valence-corrected chi connectivity index (χ1v) is 6.53. The molecule has 6 heteroatoms. The molecule has 0 bridgehead atoms. The van der Waals surface area contributed by atoms with E-state index in [4.69, 9.17) is 4.42 Å². The summed E-state index contributed by atoms with van der Waals surface area (Å²) in [5.41, 5.74) is 1.75. The van der Waals surface area contributed by atoms with Crippen molar-refractivity contribution in [1.29, 1.82) is 0 Å². The predicted molar refractivity (Wildman–Crippen MR) is 76.8 cm³/mol. The topological polar surface area (TPSA) is 72.3 Å². The summed E-state index contributed by atoms with van der Waals surface area (Å²) in [5.74, 6) is -1.98. The summed E-state index contributed by atoms with van der Waals surface area (Å²) in [4.78, 5) is 25.4. The maximum absolute atomic E-state index is 13.7. The van der Waals surface area contributed by atoms with Gasteiger partial charge in [0.1, 0.15) is 17.9 Å². The molecule has 3 rings (SSSR count). The Kier molecular flexibility index (Phi) is 3.50. The first kappa shape index (κ1) is 14.1. The van der Waals surface area contributed by atoms with Gasteiger partial charge in [-0.25, -0.2) is 4.39 Å². The van der Waals surface area contributed by atoms with Crippen LogP contribution < -0.4 is 0 Å². The van der Waals surface area contributed by atoms with Gasteiger partial charge in [0.05, 0.1) is 18.9 Å². The van der Waals surface area contributed by atoms with Crippen LogP contribution in [0.15, 0.2) is 41.1 Å². The minimum atomic E-state index is -1.11. The first-order chi connectivity index (χ1) is 10.7. The van der Waals surface area contributed by atoms with E-state index in [0.717, 1.165) is 5.56 Å². The molecule has 1 N–H and O–H groups in total. The molecule has 2 aromatic heterocycles. The molecule has 112 valence electrons. The molecule has 5 nitrogen and oxygen atoms in total. The van der Waals surface area contributed by atoms with Crippen molar-refractivity contribution in [2.24, 2.45) is 0 Å². The van der Waals surface area contributed by atoms with Crippen molar-refractivity contribution in [2.45, 2.75) is 5.92 Å². The second-order valence-corrected chi connectivity index (χ2v) is 4.74. The van der Waals surface area contributed by atoms with Crippen molar-refractivity contribution in [3.63, 3.8) is 0 Å². The lowest BCUT2D eigenvalue weighted by Gasteiger charge is -2.03. The fourth-order valence-corrected chi connectivity index (χ4v) is 2.38. The number of ether oxygens (including phenoxy) is 1. The molecule has 0 spiro atoms. The van der Waals surface area contributed by atoms with Crippen molar-refractivity contribution in [1.82, 2.24) is 4.98 Å². The number of nitrogens with one attached hydrogen (secondary N) is 1. The van der Waals surface area contributed by atoms with Crippen molar-refractivity contribution in [3.05, 3.63) is 48.3 Å². The van der Waals surface area contributed by atoms with Gasteiger partial charge in [-0.05, 0) is 12.1 Å². The van der Waals surface area contributed by atoms with Gasteiger partial charge in [0.25, 0.3) is 0 Å². The number of hydrogen-bond acceptors (Lipinski definition) is 4. The van der Waals surface area contributed by atoms with Crippen molar-refractivity contribution in [2.75, 3.05) is 7.11 Å². The third-order valence-corrected chi connectivity index (χ3v) is 3.49. The Hall–Kier alpha value is -2.89. The monoisotopic (exact) mass is 301 g/mol. The van der Waals surface area contributed by atoms with Crippen LogP contribution in [0.4, 0.5) is 4.39 Å². The van der Waals surface area contributed by atoms with Crippen LogP contribution in [0.2, 0.25) is 0 Å². The number of benzene rings is 1. The van der Waals surface area contributed by atoms with Crippen molar-refractivity contribution >= 4 is 23.2 Å². The van der Waals surface area contributed by atoms with E-state index < -0.39 is 11.9 Å². The fourth-order valence-electron chi connectivity index (χ4n) is 2.38. The lowest BCUT2D eigenvalue weighted by Crippen LogP contribution is -2.14. The molecule has 22 heavy (non-hydrogen) atoms. The number of rotatable bonds is 4. The highest BCUT2D eigenvalue weighted by Crippen LogP contribution is 2.32. The normalized spacial score (nSPS) is 12.3. The van der Waals surface area contributed by atoms with Crippen LogP contribution in [0.1, 0.15) is 11.7 Å². The predicted octanol–water partition coefficient (Wildman–Crippen LogP) is 3.02. The summed E-state index contributed by atoms with van der Waals surface area (Å²) in [6.07, 6.45) is 3.53. The number of aromatic amines is 1. The third kappa shape index (κ3) is 2.18. The van der Waals surface area contributed by atoms with Gasteiger partial charge in [0, 0.05) is 22.7 Å². The number of H-pyrrole nitrogens is 1. The molecule has 0 fully saturated rings. The molecular formula is C16H12FNO4. The molecule has 0 aliphatic heterocycles. The minimum Gasteiger partial charge on any atom is -0.468 e. The zero-order chi connectivity index (χ0) is 15.7. The molecule has 0 radical (unpaired) electrons. The van der Waals surface area contributed by atoms with E-state index >= 15 is 0 Å². The van der Waals surface area contributed by atoms with Gasteiger partial charge in [0.2, 0.25) is 0 Å². The highest BCUT2D eigenvalue weighted by atomic mass is 19.1. The van der Waals surface area contributed by atoms with Gasteiger partial charge in [0.15, 0.2) is 5.92 Å². The van der Waals surface area contributed by atoms with E-state index in [0.29, 0.717) is 22.8 Å². The van der Waals surface area contributed by atoms with E-state index in [1.807, 2.05) is 0 Å². The quantitative estimate of drug-likeness (QED) is 0.457. The Morgan fingerprint density at radius 2 is 2.27 bits per heavy atom. The van der Waals surface area contributed by atoms with Crippen LogP contribution >= 0.6 is 0 Å². The summed E-state index contributed by atoms with van der Waals surface area (Å²) < 4.78 is 23.6. The smallest absolute Gasteiger partial charge is 0.323 e. The number of carbonyl (C=O) groups excluding carboxylic acids is 2. The van der Waals surface area contributed by atoms with E-state index in [1.165, 1.54) is 19.4 Å². The van der Waals surface area contributed by atoms with Gasteiger partial charge in [-0.3, -0.25) is 4.79 Å². The Morgan fingerprint density at radius 1 is 1.45 bits per heavy atom. The molecule has 2 heterocycles. The largest absolute Gasteiger partial charge is 0.468 e. The second kappa shape index (κ2) is 5.48. The molecule has 1 atom stereocenters. The van der Waals surface area contributed by atoms with Crippen molar-refractivity contribution < 1.29 is 23.1 Å². The van der Waals surface area contributed by atoms with Gasteiger partial charge in [-0.2, -0.15) is 0 Å². The summed E-state index contributed by atoms with van der Waals surface area (Å²) in [5, 5.41) is 0.688. The lowest BCUT2D eigenvalue weighted by molar-refractivity contribution is -0.144. The average molecular weight is 301 g/mol. The van der Waals surface area contributed by atoms with Gasteiger partial charge < -0.3 is 18.9 Å². The SMILES string of the molecule is COC(=O)C(C=O)c1cc(-c2c[nH]c3c(F)cccc23)co1. The number of esters is 1. The summed E-state index contributed by atoms with van der Waals surface area (Å²) in [6.45, 7) is 0. The number of aldehydes is 1. The van der Waals surface area contributed by atoms with Gasteiger partial charge >= 0.3 is 5.97 Å². The van der Waals surface area contributed by atoms with Crippen LogP contribution in [0, 0.1) is 5.82 Å². The Labute approximate surface area is 124 Å².